The Hall–Kier alpha value is -1.71. The van der Waals surface area contributed by atoms with Crippen molar-refractivity contribution in [3.8, 4) is 0 Å². The maximum absolute atomic E-state index is 14.2. The van der Waals surface area contributed by atoms with Gasteiger partial charge in [-0.1, -0.05) is 114 Å². The Kier molecular flexibility index (Phi) is 20.1. The molecule has 0 saturated carbocycles. The van der Waals surface area contributed by atoms with Gasteiger partial charge in [-0.05, 0) is 73.7 Å². The lowest BCUT2D eigenvalue weighted by Crippen LogP contribution is -2.54. The summed E-state index contributed by atoms with van der Waals surface area (Å²) in [7, 11) is -3.57. The molecule has 2 aromatic rings. The van der Waals surface area contributed by atoms with Crippen LogP contribution in [0.1, 0.15) is 153 Å². The molecule has 1 saturated heterocycles. The zero-order valence-corrected chi connectivity index (χ0v) is 39.7. The molecule has 3 rings (SSSR count). The number of nitrogens with one attached hydrogen (secondary N) is 1. The van der Waals surface area contributed by atoms with Crippen LogP contribution in [0.2, 0.25) is 16.6 Å². The van der Waals surface area contributed by atoms with E-state index in [-0.39, 0.29) is 33.8 Å². The van der Waals surface area contributed by atoms with Gasteiger partial charge in [-0.3, -0.25) is 19.1 Å². The Balaban J connectivity index is 1.92. The van der Waals surface area contributed by atoms with Crippen molar-refractivity contribution in [1.29, 1.82) is 0 Å². The van der Waals surface area contributed by atoms with Crippen LogP contribution >= 0.6 is 19.0 Å². The molecule has 56 heavy (non-hydrogen) atoms. The number of hydrogen-bond donors (Lipinski definition) is 1. The Bertz CT molecular complexity index is 1520. The van der Waals surface area contributed by atoms with Crippen molar-refractivity contribution >= 4 is 33.3 Å². The minimum absolute atomic E-state index is 0.150. The monoisotopic (exact) mass is 834 g/mol. The lowest BCUT2D eigenvalue weighted by atomic mass is 9.99. The summed E-state index contributed by atoms with van der Waals surface area (Å²) in [5.41, 5.74) is -0.261. The minimum atomic E-state index is -2.54. The number of nitrogens with zero attached hydrogens (tertiary/aromatic N) is 1. The first-order valence-electron chi connectivity index (χ1n) is 22.0. The second kappa shape index (κ2) is 23.2. The molecule has 0 bridgehead atoms. The van der Waals surface area contributed by atoms with E-state index >= 15 is 0 Å². The Morgan fingerprint density at radius 2 is 1.39 bits per heavy atom. The molecule has 1 aliphatic heterocycles. The van der Waals surface area contributed by atoms with Gasteiger partial charge in [0.15, 0.2) is 12.3 Å². The van der Waals surface area contributed by atoms with Gasteiger partial charge < -0.3 is 13.9 Å². The topological polar surface area (TPSA) is 99.6 Å². The molecular weight excluding hydrogens is 756 g/mol. The number of H-pyrrole nitrogens is 1. The van der Waals surface area contributed by atoms with E-state index in [0.29, 0.717) is 12.8 Å². The molecule has 1 aliphatic rings. The summed E-state index contributed by atoms with van der Waals surface area (Å²) in [4.78, 5) is 43.1. The number of carbonyl (C=O) groups is 1. The fraction of sp³-hybridized carbons (Fsp3) is 0.756. The average molecular weight is 834 g/mol. The fourth-order valence-electron chi connectivity index (χ4n) is 9.32. The van der Waals surface area contributed by atoms with Gasteiger partial charge in [-0.2, -0.15) is 0 Å². The second-order valence-electron chi connectivity index (χ2n) is 17.6. The van der Waals surface area contributed by atoms with Gasteiger partial charge in [0.05, 0.1) is 30.8 Å². The fourth-order valence-corrected chi connectivity index (χ4v) is 21.3. The van der Waals surface area contributed by atoms with E-state index in [4.69, 9.17) is 13.9 Å². The molecular formula is C45H78N2O6PSSi+. The molecule has 318 valence electrons. The minimum Gasteiger partial charge on any atom is -0.457 e. The summed E-state index contributed by atoms with van der Waals surface area (Å²) in [6.45, 7) is 24.7. The molecule has 0 radical (unpaired) electrons. The molecule has 1 fully saturated rings. The molecule has 0 amide bonds. The average Bonchev–Trinajstić information content (AvgIpc) is 3.49. The van der Waals surface area contributed by atoms with E-state index in [2.05, 4.69) is 105 Å². The lowest BCUT2D eigenvalue weighted by Gasteiger charge is -2.45. The van der Waals surface area contributed by atoms with Crippen LogP contribution < -0.4 is 11.2 Å². The number of ether oxygens (including phenoxy) is 2. The third-order valence-corrected chi connectivity index (χ3v) is 25.0. The first kappa shape index (κ1) is 48.7. The van der Waals surface area contributed by atoms with E-state index in [9.17, 15) is 14.4 Å². The van der Waals surface area contributed by atoms with Gasteiger partial charge in [-0.25, -0.2) is 4.79 Å². The molecule has 0 aliphatic carbocycles. The number of benzene rings is 1. The normalized spacial score (nSPS) is 20.2. The summed E-state index contributed by atoms with van der Waals surface area (Å²) in [6, 6.07) is 11.9. The highest BCUT2D eigenvalue weighted by Gasteiger charge is 2.55. The SMILES string of the molecule is CCCC[P+](CCCC)(CCCC)CCCC(C)(CCC(=O)OC1[C@@H](CC)O[C@@H](n2ccc(=O)[nH]c2=O)[C@H]1O[Si](C(C)C)(C(C)C)C(C)C)Sc1ccccc1. The zero-order chi connectivity index (χ0) is 41.5. The summed E-state index contributed by atoms with van der Waals surface area (Å²) in [5.74, 6) is -0.262. The van der Waals surface area contributed by atoms with Crippen LogP contribution in [-0.2, 0) is 18.7 Å². The number of hydrogen-bond acceptors (Lipinski definition) is 7. The van der Waals surface area contributed by atoms with Crippen LogP contribution in [0, 0.1) is 0 Å². The first-order chi connectivity index (χ1) is 26.6. The van der Waals surface area contributed by atoms with Crippen LogP contribution in [-0.4, -0.2) is 71.5 Å². The quantitative estimate of drug-likeness (QED) is 0.0436. The number of carbonyl (C=O) groups excluding carboxylic acids is 1. The molecule has 2 unspecified atom stereocenters. The van der Waals surface area contributed by atoms with Gasteiger partial charge in [0.1, 0.15) is 6.10 Å². The third kappa shape index (κ3) is 13.1. The first-order valence-corrected chi connectivity index (χ1v) is 27.5. The Labute approximate surface area is 345 Å². The zero-order valence-electron chi connectivity index (χ0n) is 36.9. The summed E-state index contributed by atoms with van der Waals surface area (Å²) >= 11 is 1.90. The van der Waals surface area contributed by atoms with Crippen molar-refractivity contribution in [2.45, 2.75) is 198 Å². The highest BCUT2D eigenvalue weighted by Crippen LogP contribution is 2.62. The molecule has 1 N–H and O–H groups in total. The van der Waals surface area contributed by atoms with Crippen LogP contribution in [0.25, 0.3) is 0 Å². The molecule has 11 heteroatoms. The second-order valence-corrected chi connectivity index (χ2v) is 29.2. The van der Waals surface area contributed by atoms with Crippen molar-refractivity contribution < 1.29 is 18.7 Å². The number of esters is 1. The third-order valence-electron chi connectivity index (χ3n) is 12.4. The molecule has 0 spiro atoms. The van der Waals surface area contributed by atoms with E-state index < -0.39 is 51.4 Å². The van der Waals surface area contributed by atoms with Crippen molar-refractivity contribution in [2.24, 2.45) is 0 Å². The van der Waals surface area contributed by atoms with Crippen LogP contribution in [0.5, 0.6) is 0 Å². The summed E-state index contributed by atoms with van der Waals surface area (Å²) < 4.78 is 21.7. The van der Waals surface area contributed by atoms with Crippen molar-refractivity contribution in [3.63, 3.8) is 0 Å². The Morgan fingerprint density at radius 3 is 1.89 bits per heavy atom. The van der Waals surface area contributed by atoms with Crippen LogP contribution in [0.3, 0.4) is 0 Å². The van der Waals surface area contributed by atoms with Gasteiger partial charge >= 0.3 is 11.7 Å². The highest BCUT2D eigenvalue weighted by molar-refractivity contribution is 8.00. The number of rotatable bonds is 26. The van der Waals surface area contributed by atoms with E-state index in [1.54, 1.807) is 0 Å². The molecule has 1 aromatic carbocycles. The smallest absolute Gasteiger partial charge is 0.330 e. The number of unbranched alkanes of at least 4 members (excludes halogenated alkanes) is 3. The van der Waals surface area contributed by atoms with Crippen LogP contribution in [0.4, 0.5) is 0 Å². The van der Waals surface area contributed by atoms with E-state index in [0.717, 1.165) is 6.42 Å². The lowest BCUT2D eigenvalue weighted by molar-refractivity contribution is -0.155. The van der Waals surface area contributed by atoms with Gasteiger partial charge in [0.25, 0.3) is 5.56 Å². The molecule has 1 aromatic heterocycles. The van der Waals surface area contributed by atoms with Crippen molar-refractivity contribution in [1.82, 2.24) is 9.55 Å². The summed E-state index contributed by atoms with van der Waals surface area (Å²) in [6.07, 6.45) is 15.9. The van der Waals surface area contributed by atoms with Crippen molar-refractivity contribution in [2.75, 3.05) is 24.6 Å². The van der Waals surface area contributed by atoms with Crippen molar-refractivity contribution in [3.05, 3.63) is 63.4 Å². The maximum Gasteiger partial charge on any atom is 0.330 e. The number of thioether (sulfide) groups is 1. The largest absolute Gasteiger partial charge is 0.457 e. The number of aromatic amines is 1. The predicted octanol–water partition coefficient (Wildman–Crippen LogP) is 11.8. The Morgan fingerprint density at radius 1 is 0.839 bits per heavy atom. The van der Waals surface area contributed by atoms with Crippen LogP contribution in [0.15, 0.2) is 57.1 Å². The standard InChI is InChI=1S/C45H77N2O6PSSi/c1-12-16-30-54(31-17-13-2,32-18-14-3)33-22-27-45(11,55-37-23-20-19-21-24-37)28-25-40(49)52-41-38(15-4)51-43(47-29-26-39(48)46-44(47)50)42(41)53-56(34(5)6,35(7)8)36(9)10/h19-21,23-24,26,29,34-36,38,41-43H,12-18,22,25,27-28,30-33H2,1-11H3/p+1/t38-,41?,42+,43-,45?/m1/s1. The van der Waals surface area contributed by atoms with Gasteiger partial charge in [-0.15, -0.1) is 11.8 Å². The van der Waals surface area contributed by atoms with Gasteiger partial charge in [0, 0.05) is 35.6 Å². The molecule has 5 atom stereocenters. The number of aromatic nitrogens is 2. The van der Waals surface area contributed by atoms with E-state index in [1.165, 1.54) is 91.3 Å². The summed E-state index contributed by atoms with van der Waals surface area (Å²) in [5, 5.41) is 0. The maximum atomic E-state index is 14.2. The van der Waals surface area contributed by atoms with E-state index in [1.807, 2.05) is 18.7 Å². The predicted molar refractivity (Wildman–Crippen MR) is 242 cm³/mol. The molecule has 8 nitrogen and oxygen atoms in total. The highest BCUT2D eigenvalue weighted by atomic mass is 32.2. The van der Waals surface area contributed by atoms with Gasteiger partial charge in [0.2, 0.25) is 8.32 Å². The molecule has 2 heterocycles.